The molecule has 118 valence electrons. The number of aliphatic hydroxyl groups excluding tert-OH is 1. The lowest BCUT2D eigenvalue weighted by Gasteiger charge is -2.25. The molecule has 0 amide bonds. The normalized spacial score (nSPS) is 15.7. The van der Waals surface area contributed by atoms with E-state index in [9.17, 15) is 9.90 Å². The molecule has 4 nitrogen and oxygen atoms in total. The van der Waals surface area contributed by atoms with Gasteiger partial charge in [0.15, 0.2) is 0 Å². The van der Waals surface area contributed by atoms with Crippen LogP contribution in [0.3, 0.4) is 0 Å². The van der Waals surface area contributed by atoms with Crippen molar-refractivity contribution in [3.05, 3.63) is 35.4 Å². The molecule has 0 aromatic heterocycles. The second-order valence-corrected chi connectivity index (χ2v) is 5.95. The van der Waals surface area contributed by atoms with E-state index in [0.29, 0.717) is 5.92 Å². The molecule has 1 rings (SSSR count). The number of carboxylic acids is 1. The minimum absolute atomic E-state index is 0.105. The molecule has 0 saturated heterocycles. The van der Waals surface area contributed by atoms with Gasteiger partial charge in [0.1, 0.15) is 0 Å². The summed E-state index contributed by atoms with van der Waals surface area (Å²) in [6.07, 6.45) is 0.139. The molecule has 0 saturated carbocycles. The van der Waals surface area contributed by atoms with Crippen molar-refractivity contribution in [3.8, 4) is 0 Å². The van der Waals surface area contributed by atoms with Crippen LogP contribution < -0.4 is 5.32 Å². The van der Waals surface area contributed by atoms with Crippen LogP contribution in [0.25, 0.3) is 0 Å². The topological polar surface area (TPSA) is 69.6 Å². The summed E-state index contributed by atoms with van der Waals surface area (Å²) in [5, 5.41) is 22.6. The summed E-state index contributed by atoms with van der Waals surface area (Å²) in [4.78, 5) is 11.0. The third-order valence-corrected chi connectivity index (χ3v) is 3.78. The third kappa shape index (κ3) is 5.48. The molecule has 0 bridgehead atoms. The van der Waals surface area contributed by atoms with Crippen LogP contribution in [0.4, 0.5) is 0 Å². The molecule has 0 heterocycles. The van der Waals surface area contributed by atoms with E-state index in [1.165, 1.54) is 5.56 Å². The Kier molecular flexibility index (Phi) is 6.85. The number of hydrogen-bond donors (Lipinski definition) is 3. The molecule has 1 aromatic carbocycles. The highest BCUT2D eigenvalue weighted by atomic mass is 16.4. The van der Waals surface area contributed by atoms with Gasteiger partial charge in [0.2, 0.25) is 0 Å². The maximum Gasteiger partial charge on any atom is 0.305 e. The first-order valence-electron chi connectivity index (χ1n) is 7.60. The van der Waals surface area contributed by atoms with Crippen LogP contribution in [-0.2, 0) is 4.79 Å². The highest BCUT2D eigenvalue weighted by Crippen LogP contribution is 2.24. The second-order valence-electron chi connectivity index (χ2n) is 5.95. The fraction of sp³-hybridized carbons (Fsp3) is 0.588. The second kappa shape index (κ2) is 8.15. The van der Waals surface area contributed by atoms with Crippen molar-refractivity contribution in [2.45, 2.75) is 64.6 Å². The summed E-state index contributed by atoms with van der Waals surface area (Å²) in [5.74, 6) is -0.428. The van der Waals surface area contributed by atoms with Crippen molar-refractivity contribution in [2.24, 2.45) is 0 Å². The molecule has 0 aliphatic heterocycles. The summed E-state index contributed by atoms with van der Waals surface area (Å²) in [6.45, 7) is 8.18. The molecule has 3 unspecified atom stereocenters. The van der Waals surface area contributed by atoms with Crippen LogP contribution in [0.2, 0.25) is 0 Å². The first-order valence-corrected chi connectivity index (χ1v) is 7.60. The van der Waals surface area contributed by atoms with Gasteiger partial charge < -0.3 is 15.5 Å². The number of carboxylic acid groups (broad SMARTS) is 1. The highest BCUT2D eigenvalue weighted by molar-refractivity contribution is 5.67. The van der Waals surface area contributed by atoms with Gasteiger partial charge >= 0.3 is 5.97 Å². The van der Waals surface area contributed by atoms with Crippen molar-refractivity contribution < 1.29 is 15.0 Å². The summed E-state index contributed by atoms with van der Waals surface area (Å²) in [5.41, 5.74) is 1.99. The minimum atomic E-state index is -0.913. The van der Waals surface area contributed by atoms with Crippen molar-refractivity contribution >= 4 is 5.97 Å². The van der Waals surface area contributed by atoms with E-state index in [1.807, 2.05) is 38.1 Å². The average molecular weight is 293 g/mol. The van der Waals surface area contributed by atoms with E-state index >= 15 is 0 Å². The first-order chi connectivity index (χ1) is 9.85. The third-order valence-electron chi connectivity index (χ3n) is 3.78. The zero-order valence-corrected chi connectivity index (χ0v) is 13.3. The Hall–Kier alpha value is -1.39. The molecule has 3 N–H and O–H groups in total. The van der Waals surface area contributed by atoms with Gasteiger partial charge in [-0.2, -0.15) is 0 Å². The van der Waals surface area contributed by atoms with Gasteiger partial charge in [-0.25, -0.2) is 0 Å². The van der Waals surface area contributed by atoms with E-state index in [-0.39, 0.29) is 12.5 Å². The molecule has 0 aliphatic carbocycles. The maximum absolute atomic E-state index is 11.0. The number of hydrogen-bond acceptors (Lipinski definition) is 3. The molecule has 21 heavy (non-hydrogen) atoms. The lowest BCUT2D eigenvalue weighted by Crippen LogP contribution is -2.40. The van der Waals surface area contributed by atoms with Gasteiger partial charge in [-0.1, -0.05) is 52.0 Å². The lowest BCUT2D eigenvalue weighted by molar-refractivity contribution is -0.138. The van der Waals surface area contributed by atoms with Crippen LogP contribution in [0.15, 0.2) is 24.3 Å². The fourth-order valence-electron chi connectivity index (χ4n) is 2.37. The van der Waals surface area contributed by atoms with Crippen molar-refractivity contribution in [3.63, 3.8) is 0 Å². The Morgan fingerprint density at radius 2 is 1.67 bits per heavy atom. The quantitative estimate of drug-likeness (QED) is 0.689. The molecule has 4 heteroatoms. The lowest BCUT2D eigenvalue weighted by atomic mass is 9.94. The van der Waals surface area contributed by atoms with E-state index in [1.54, 1.807) is 0 Å². The van der Waals surface area contributed by atoms with Crippen molar-refractivity contribution in [1.29, 1.82) is 0 Å². The molecular formula is C17H27NO3. The van der Waals surface area contributed by atoms with E-state index in [2.05, 4.69) is 19.2 Å². The number of aliphatic carboxylic acids is 1. The average Bonchev–Trinajstić information content (AvgIpc) is 2.44. The SMILES string of the molecule is CCC(C)c1ccc(C(O)C(CC(=O)O)NC(C)C)cc1. The van der Waals surface area contributed by atoms with Crippen LogP contribution in [0.1, 0.15) is 63.7 Å². The summed E-state index contributed by atoms with van der Waals surface area (Å²) < 4.78 is 0. The van der Waals surface area contributed by atoms with E-state index < -0.39 is 18.1 Å². The van der Waals surface area contributed by atoms with Crippen LogP contribution in [-0.4, -0.2) is 28.3 Å². The fourth-order valence-corrected chi connectivity index (χ4v) is 2.37. The van der Waals surface area contributed by atoms with Gasteiger partial charge in [-0.3, -0.25) is 4.79 Å². The predicted octanol–water partition coefficient (Wildman–Crippen LogP) is 3.07. The van der Waals surface area contributed by atoms with Gasteiger partial charge in [0.25, 0.3) is 0 Å². The van der Waals surface area contributed by atoms with Crippen molar-refractivity contribution in [1.82, 2.24) is 5.32 Å². The van der Waals surface area contributed by atoms with Gasteiger partial charge in [-0.05, 0) is 23.5 Å². The molecular weight excluding hydrogens is 266 g/mol. The highest BCUT2D eigenvalue weighted by Gasteiger charge is 2.24. The molecule has 0 radical (unpaired) electrons. The number of nitrogens with one attached hydrogen (secondary N) is 1. The smallest absolute Gasteiger partial charge is 0.305 e. The zero-order chi connectivity index (χ0) is 16.0. The summed E-state index contributed by atoms with van der Waals surface area (Å²) >= 11 is 0. The van der Waals surface area contributed by atoms with E-state index in [4.69, 9.17) is 5.11 Å². The van der Waals surface area contributed by atoms with Gasteiger partial charge in [0.05, 0.1) is 12.5 Å². The summed E-state index contributed by atoms with van der Waals surface area (Å²) in [7, 11) is 0. The minimum Gasteiger partial charge on any atom is -0.481 e. The Balaban J connectivity index is 2.87. The monoisotopic (exact) mass is 293 g/mol. The number of rotatable bonds is 8. The molecule has 0 aliphatic rings. The van der Waals surface area contributed by atoms with Crippen LogP contribution >= 0.6 is 0 Å². The largest absolute Gasteiger partial charge is 0.481 e. The molecule has 0 fully saturated rings. The predicted molar refractivity (Wildman–Crippen MR) is 84.4 cm³/mol. The standard InChI is InChI=1S/C17H27NO3/c1-5-12(4)13-6-8-14(9-7-13)17(21)15(10-16(19)20)18-11(2)3/h6-9,11-12,15,17-18,21H,5,10H2,1-4H3,(H,19,20). The summed E-state index contributed by atoms with van der Waals surface area (Å²) in [6, 6.07) is 7.44. The van der Waals surface area contributed by atoms with Crippen LogP contribution in [0, 0.1) is 0 Å². The molecule has 3 atom stereocenters. The van der Waals surface area contributed by atoms with Crippen LogP contribution in [0.5, 0.6) is 0 Å². The van der Waals surface area contributed by atoms with Gasteiger partial charge in [-0.15, -0.1) is 0 Å². The number of benzene rings is 1. The Morgan fingerprint density at radius 1 is 1.14 bits per heavy atom. The van der Waals surface area contributed by atoms with E-state index in [0.717, 1.165) is 12.0 Å². The van der Waals surface area contributed by atoms with Gasteiger partial charge in [0, 0.05) is 12.1 Å². The Bertz CT molecular complexity index is 442. The first kappa shape index (κ1) is 17.7. The Labute approximate surface area is 127 Å². The number of carbonyl (C=O) groups is 1. The zero-order valence-electron chi connectivity index (χ0n) is 13.3. The maximum atomic E-state index is 11.0. The Morgan fingerprint density at radius 3 is 2.10 bits per heavy atom. The van der Waals surface area contributed by atoms with Crippen molar-refractivity contribution in [2.75, 3.05) is 0 Å². The number of aliphatic hydroxyl groups is 1. The molecule has 1 aromatic rings. The molecule has 0 spiro atoms.